The number of imidazole rings is 1. The summed E-state index contributed by atoms with van der Waals surface area (Å²) in [5.41, 5.74) is 1.88. The fourth-order valence-electron chi connectivity index (χ4n) is 3.40. The van der Waals surface area contributed by atoms with E-state index in [2.05, 4.69) is 15.3 Å². The molecule has 0 saturated heterocycles. The molecule has 2 amide bonds. The number of aromatic nitrogens is 3. The number of para-hydroxylation sites is 1. The highest BCUT2D eigenvalue weighted by atomic mass is 32.2. The van der Waals surface area contributed by atoms with Crippen LogP contribution in [0.15, 0.2) is 59.9 Å². The molecule has 1 N–H and O–H groups in total. The fourth-order valence-corrected chi connectivity index (χ4v) is 4.39. The highest BCUT2D eigenvalue weighted by molar-refractivity contribution is 7.99. The Morgan fingerprint density at radius 2 is 2.00 bits per heavy atom. The van der Waals surface area contributed by atoms with Gasteiger partial charge in [0.25, 0.3) is 0 Å². The maximum absolute atomic E-state index is 12.7. The molecule has 3 heterocycles. The molecule has 1 aromatic carbocycles. The minimum Gasteiger partial charge on any atom is -0.352 e. The first-order chi connectivity index (χ1) is 14.6. The summed E-state index contributed by atoms with van der Waals surface area (Å²) in [7, 11) is 0. The van der Waals surface area contributed by atoms with Crippen molar-refractivity contribution in [2.75, 3.05) is 17.2 Å². The third kappa shape index (κ3) is 4.54. The van der Waals surface area contributed by atoms with Crippen molar-refractivity contribution in [2.45, 2.75) is 31.2 Å². The second-order valence-corrected chi connectivity index (χ2v) is 8.14. The summed E-state index contributed by atoms with van der Waals surface area (Å²) in [4.78, 5) is 36.4. The van der Waals surface area contributed by atoms with Crippen LogP contribution in [0.4, 0.5) is 5.69 Å². The van der Waals surface area contributed by atoms with Gasteiger partial charge in [0.2, 0.25) is 11.8 Å². The van der Waals surface area contributed by atoms with Crippen molar-refractivity contribution >= 4 is 29.3 Å². The van der Waals surface area contributed by atoms with Gasteiger partial charge in [-0.3, -0.25) is 14.2 Å². The van der Waals surface area contributed by atoms with Crippen molar-refractivity contribution in [3.63, 3.8) is 0 Å². The van der Waals surface area contributed by atoms with Crippen LogP contribution in [0.3, 0.4) is 0 Å². The third-order valence-electron chi connectivity index (χ3n) is 4.97. The molecule has 0 atom stereocenters. The van der Waals surface area contributed by atoms with Crippen LogP contribution in [-0.2, 0) is 16.1 Å². The molecule has 0 bridgehead atoms. The third-order valence-corrected chi connectivity index (χ3v) is 6.01. The Kier molecular flexibility index (Phi) is 6.13. The van der Waals surface area contributed by atoms with Gasteiger partial charge in [0, 0.05) is 55.2 Å². The number of hydrogen-bond donors (Lipinski definition) is 1. The molecule has 7 nitrogen and oxygen atoms in total. The number of amides is 2. The predicted octanol–water partition coefficient (Wildman–Crippen LogP) is 3.11. The standard InChI is InChI=1S/C22H23N5O2S/c1-16-23-10-11-26(16)20-14-17(8-9-24-20)15-25-21(28)6-7-22(29)27-12-13-30-19-5-3-2-4-18(19)27/h2-5,8-11,14H,6-7,12-13,15H2,1H3,(H,25,28). The second kappa shape index (κ2) is 9.13. The number of fused-ring (bicyclic) bond motifs is 1. The summed E-state index contributed by atoms with van der Waals surface area (Å²) in [6.45, 7) is 2.97. The summed E-state index contributed by atoms with van der Waals surface area (Å²) in [5.74, 6) is 2.32. The molecule has 0 fully saturated rings. The number of rotatable bonds is 6. The summed E-state index contributed by atoms with van der Waals surface area (Å²) in [6, 6.07) is 11.7. The number of carbonyl (C=O) groups is 2. The maximum atomic E-state index is 12.7. The van der Waals surface area contributed by atoms with Crippen molar-refractivity contribution in [3.05, 3.63) is 66.4 Å². The Balaban J connectivity index is 1.30. The van der Waals surface area contributed by atoms with E-state index in [9.17, 15) is 9.59 Å². The summed E-state index contributed by atoms with van der Waals surface area (Å²) >= 11 is 1.76. The zero-order valence-electron chi connectivity index (χ0n) is 16.7. The maximum Gasteiger partial charge on any atom is 0.227 e. The van der Waals surface area contributed by atoms with Crippen LogP contribution in [0, 0.1) is 6.92 Å². The Morgan fingerprint density at radius 3 is 2.83 bits per heavy atom. The van der Waals surface area contributed by atoms with Crippen LogP contribution in [0.1, 0.15) is 24.2 Å². The molecule has 30 heavy (non-hydrogen) atoms. The van der Waals surface area contributed by atoms with E-state index in [0.717, 1.165) is 33.5 Å². The van der Waals surface area contributed by atoms with E-state index in [1.165, 1.54) is 0 Å². The average Bonchev–Trinajstić information content (AvgIpc) is 3.21. The van der Waals surface area contributed by atoms with Crippen LogP contribution in [0.25, 0.3) is 5.82 Å². The van der Waals surface area contributed by atoms with Gasteiger partial charge in [0.1, 0.15) is 11.6 Å². The lowest BCUT2D eigenvalue weighted by Crippen LogP contribution is -2.36. The molecule has 154 valence electrons. The van der Waals surface area contributed by atoms with Gasteiger partial charge >= 0.3 is 0 Å². The SMILES string of the molecule is Cc1nccn1-c1cc(CNC(=O)CCC(=O)N2CCSc3ccccc32)ccn1. The summed E-state index contributed by atoms with van der Waals surface area (Å²) in [5, 5.41) is 2.90. The number of nitrogens with zero attached hydrogens (tertiary/aromatic N) is 4. The minimum absolute atomic E-state index is 0.0142. The van der Waals surface area contributed by atoms with E-state index in [-0.39, 0.29) is 24.7 Å². The van der Waals surface area contributed by atoms with Crippen molar-refractivity contribution in [2.24, 2.45) is 0 Å². The quantitative estimate of drug-likeness (QED) is 0.662. The van der Waals surface area contributed by atoms with E-state index < -0.39 is 0 Å². The second-order valence-electron chi connectivity index (χ2n) is 7.01. The average molecular weight is 422 g/mol. The topological polar surface area (TPSA) is 80.1 Å². The molecule has 1 aliphatic heterocycles. The van der Waals surface area contributed by atoms with Gasteiger partial charge < -0.3 is 10.2 Å². The lowest BCUT2D eigenvalue weighted by atomic mass is 10.2. The van der Waals surface area contributed by atoms with Gasteiger partial charge in [-0.1, -0.05) is 12.1 Å². The van der Waals surface area contributed by atoms with E-state index >= 15 is 0 Å². The number of carbonyl (C=O) groups excluding carboxylic acids is 2. The lowest BCUT2D eigenvalue weighted by molar-refractivity contribution is -0.125. The number of pyridine rings is 1. The monoisotopic (exact) mass is 421 g/mol. The Labute approximate surface area is 179 Å². The van der Waals surface area contributed by atoms with Crippen LogP contribution in [0.5, 0.6) is 0 Å². The first-order valence-electron chi connectivity index (χ1n) is 9.86. The number of hydrogen-bond acceptors (Lipinski definition) is 5. The van der Waals surface area contributed by atoms with Crippen LogP contribution in [-0.4, -0.2) is 38.6 Å². The summed E-state index contributed by atoms with van der Waals surface area (Å²) < 4.78 is 1.89. The molecule has 4 rings (SSSR count). The highest BCUT2D eigenvalue weighted by Gasteiger charge is 2.22. The van der Waals surface area contributed by atoms with Gasteiger partial charge in [0.05, 0.1) is 5.69 Å². The summed E-state index contributed by atoms with van der Waals surface area (Å²) in [6.07, 6.45) is 5.65. The van der Waals surface area contributed by atoms with E-state index in [1.54, 1.807) is 29.1 Å². The Hall–Kier alpha value is -3.13. The van der Waals surface area contributed by atoms with Gasteiger partial charge in [-0.05, 0) is 36.8 Å². The highest BCUT2D eigenvalue weighted by Crippen LogP contribution is 2.34. The van der Waals surface area contributed by atoms with Crippen LogP contribution >= 0.6 is 11.8 Å². The number of thioether (sulfide) groups is 1. The van der Waals surface area contributed by atoms with Crippen LogP contribution < -0.4 is 10.2 Å². The molecule has 0 saturated carbocycles. The predicted molar refractivity (Wildman–Crippen MR) is 117 cm³/mol. The molecule has 0 aliphatic carbocycles. The number of aryl methyl sites for hydroxylation is 1. The molecular weight excluding hydrogens is 398 g/mol. The number of benzene rings is 1. The molecule has 0 spiro atoms. The molecule has 1 aliphatic rings. The first kappa shape index (κ1) is 20.2. The smallest absolute Gasteiger partial charge is 0.227 e. The number of nitrogens with one attached hydrogen (secondary N) is 1. The van der Waals surface area contributed by atoms with Crippen molar-refractivity contribution in [1.82, 2.24) is 19.9 Å². The van der Waals surface area contributed by atoms with E-state index in [4.69, 9.17) is 0 Å². The normalized spacial score (nSPS) is 13.0. The molecule has 3 aromatic rings. The van der Waals surface area contributed by atoms with Crippen molar-refractivity contribution in [3.8, 4) is 5.82 Å². The molecule has 0 radical (unpaired) electrons. The molecule has 8 heteroatoms. The zero-order chi connectivity index (χ0) is 20.9. The largest absolute Gasteiger partial charge is 0.352 e. The van der Waals surface area contributed by atoms with Gasteiger partial charge in [0.15, 0.2) is 0 Å². The molecule has 0 unspecified atom stereocenters. The number of anilines is 1. The first-order valence-corrected chi connectivity index (χ1v) is 10.8. The van der Waals surface area contributed by atoms with Gasteiger partial charge in [-0.2, -0.15) is 0 Å². The molecule has 2 aromatic heterocycles. The molecular formula is C22H23N5O2S. The minimum atomic E-state index is -0.139. The zero-order valence-corrected chi connectivity index (χ0v) is 17.6. The fraction of sp³-hybridized carbons (Fsp3) is 0.273. The van der Waals surface area contributed by atoms with Crippen molar-refractivity contribution in [1.29, 1.82) is 0 Å². The van der Waals surface area contributed by atoms with Gasteiger partial charge in [-0.15, -0.1) is 11.8 Å². The Bertz CT molecular complexity index is 1060. The van der Waals surface area contributed by atoms with Crippen molar-refractivity contribution < 1.29 is 9.59 Å². The lowest BCUT2D eigenvalue weighted by Gasteiger charge is -2.29. The van der Waals surface area contributed by atoms with Crippen LogP contribution in [0.2, 0.25) is 0 Å². The van der Waals surface area contributed by atoms with E-state index in [0.29, 0.717) is 13.1 Å². The van der Waals surface area contributed by atoms with E-state index in [1.807, 2.05) is 54.1 Å². The van der Waals surface area contributed by atoms with Gasteiger partial charge in [-0.25, -0.2) is 9.97 Å². The Morgan fingerprint density at radius 1 is 1.13 bits per heavy atom.